The van der Waals surface area contributed by atoms with Gasteiger partial charge in [-0.1, -0.05) is 72.8 Å². The number of benzene rings is 3. The van der Waals surface area contributed by atoms with E-state index in [1.807, 2.05) is 84.9 Å². The molecule has 1 atom stereocenters. The summed E-state index contributed by atoms with van der Waals surface area (Å²) in [6.07, 6.45) is 3.44. The standard InChI is InChI=1S/C26H25NO4/c1-30-26(29)24(18-20-9-4-2-5-10-20)27-25(28)16-15-21-13-8-14-23(17-21)31-19-22-11-6-3-7-12-22/h2-17,24H,18-19H2,1H3,(H,27,28)/b16-15+. The van der Waals surface area contributed by atoms with Gasteiger partial charge >= 0.3 is 5.97 Å². The molecule has 3 aromatic carbocycles. The fourth-order valence-corrected chi connectivity index (χ4v) is 3.03. The fraction of sp³-hybridized carbons (Fsp3) is 0.154. The number of nitrogens with one attached hydrogen (secondary N) is 1. The maximum absolute atomic E-state index is 12.4. The van der Waals surface area contributed by atoms with Crippen LogP contribution in [0, 0.1) is 0 Å². The molecule has 5 nitrogen and oxygen atoms in total. The molecule has 1 amide bonds. The number of methoxy groups -OCH3 is 1. The average molecular weight is 415 g/mol. The zero-order valence-electron chi connectivity index (χ0n) is 17.4. The van der Waals surface area contributed by atoms with Crippen LogP contribution in [0.5, 0.6) is 5.75 Å². The minimum absolute atomic E-state index is 0.357. The summed E-state index contributed by atoms with van der Waals surface area (Å²) in [4.78, 5) is 24.5. The Morgan fingerprint density at radius 1 is 0.903 bits per heavy atom. The normalized spacial score (nSPS) is 11.6. The highest BCUT2D eigenvalue weighted by Gasteiger charge is 2.20. The lowest BCUT2D eigenvalue weighted by atomic mass is 10.1. The Hall–Kier alpha value is -3.86. The molecule has 0 heterocycles. The number of hydrogen-bond acceptors (Lipinski definition) is 4. The number of carbonyl (C=O) groups is 2. The summed E-state index contributed by atoms with van der Waals surface area (Å²) in [6, 6.07) is 26.1. The summed E-state index contributed by atoms with van der Waals surface area (Å²) in [6.45, 7) is 0.467. The highest BCUT2D eigenvalue weighted by Crippen LogP contribution is 2.16. The smallest absolute Gasteiger partial charge is 0.328 e. The average Bonchev–Trinajstić information content (AvgIpc) is 2.82. The first-order valence-electron chi connectivity index (χ1n) is 10.0. The third-order valence-electron chi connectivity index (χ3n) is 4.62. The van der Waals surface area contributed by atoms with Gasteiger partial charge in [0, 0.05) is 12.5 Å². The first kappa shape index (κ1) is 21.8. The summed E-state index contributed by atoms with van der Waals surface area (Å²) >= 11 is 0. The molecule has 3 rings (SSSR count). The van der Waals surface area contributed by atoms with Crippen molar-refractivity contribution in [3.8, 4) is 5.75 Å². The SMILES string of the molecule is COC(=O)C(Cc1ccccc1)NC(=O)/C=C/c1cccc(OCc2ccccc2)c1. The van der Waals surface area contributed by atoms with E-state index in [1.165, 1.54) is 13.2 Å². The van der Waals surface area contributed by atoms with Gasteiger partial charge in [-0.2, -0.15) is 0 Å². The molecule has 0 aliphatic carbocycles. The van der Waals surface area contributed by atoms with Gasteiger partial charge in [-0.3, -0.25) is 4.79 Å². The minimum atomic E-state index is -0.759. The van der Waals surface area contributed by atoms with Crippen molar-refractivity contribution in [2.24, 2.45) is 0 Å². The summed E-state index contributed by atoms with van der Waals surface area (Å²) in [7, 11) is 1.31. The fourth-order valence-electron chi connectivity index (χ4n) is 3.03. The Balaban J connectivity index is 1.59. The van der Waals surface area contributed by atoms with Crippen LogP contribution < -0.4 is 10.1 Å². The lowest BCUT2D eigenvalue weighted by molar-refractivity contribution is -0.144. The Kier molecular flexibility index (Phi) is 8.00. The van der Waals surface area contributed by atoms with Gasteiger partial charge < -0.3 is 14.8 Å². The molecule has 0 fully saturated rings. The second kappa shape index (κ2) is 11.4. The molecule has 1 unspecified atom stereocenters. The second-order valence-corrected chi connectivity index (χ2v) is 6.95. The van der Waals surface area contributed by atoms with Crippen molar-refractivity contribution in [2.75, 3.05) is 7.11 Å². The van der Waals surface area contributed by atoms with E-state index in [1.54, 1.807) is 6.08 Å². The van der Waals surface area contributed by atoms with Gasteiger partial charge in [0.15, 0.2) is 0 Å². The zero-order chi connectivity index (χ0) is 21.9. The highest BCUT2D eigenvalue weighted by molar-refractivity contribution is 5.94. The molecule has 0 aromatic heterocycles. The van der Waals surface area contributed by atoms with E-state index < -0.39 is 12.0 Å². The molecule has 0 aliphatic heterocycles. The quantitative estimate of drug-likeness (QED) is 0.421. The van der Waals surface area contributed by atoms with E-state index in [9.17, 15) is 9.59 Å². The molecule has 0 spiro atoms. The largest absolute Gasteiger partial charge is 0.489 e. The number of rotatable bonds is 9. The molecule has 5 heteroatoms. The van der Waals surface area contributed by atoms with Crippen molar-refractivity contribution in [3.05, 3.63) is 108 Å². The molecule has 31 heavy (non-hydrogen) atoms. The first-order chi connectivity index (χ1) is 15.1. The van der Waals surface area contributed by atoms with Gasteiger partial charge in [-0.05, 0) is 34.9 Å². The monoisotopic (exact) mass is 415 g/mol. The van der Waals surface area contributed by atoms with Gasteiger partial charge in [0.1, 0.15) is 18.4 Å². The predicted molar refractivity (Wildman–Crippen MR) is 120 cm³/mol. The van der Waals surface area contributed by atoms with Crippen LogP contribution in [0.25, 0.3) is 6.08 Å². The van der Waals surface area contributed by atoms with Crippen LogP contribution in [-0.4, -0.2) is 25.0 Å². The van der Waals surface area contributed by atoms with E-state index >= 15 is 0 Å². The maximum atomic E-state index is 12.4. The van der Waals surface area contributed by atoms with Gasteiger partial charge in [0.25, 0.3) is 0 Å². The van der Waals surface area contributed by atoms with Crippen LogP contribution >= 0.6 is 0 Å². The number of amides is 1. The third kappa shape index (κ3) is 7.16. The Morgan fingerprint density at radius 3 is 2.26 bits per heavy atom. The number of ether oxygens (including phenoxy) is 2. The van der Waals surface area contributed by atoms with Crippen molar-refractivity contribution in [3.63, 3.8) is 0 Å². The van der Waals surface area contributed by atoms with Crippen LogP contribution in [0.4, 0.5) is 0 Å². The van der Waals surface area contributed by atoms with Crippen LogP contribution in [0.3, 0.4) is 0 Å². The maximum Gasteiger partial charge on any atom is 0.328 e. The van der Waals surface area contributed by atoms with E-state index in [0.29, 0.717) is 18.8 Å². The predicted octanol–water partition coefficient (Wildman–Crippen LogP) is 4.18. The lowest BCUT2D eigenvalue weighted by Crippen LogP contribution is -2.42. The van der Waals surface area contributed by atoms with E-state index in [4.69, 9.17) is 9.47 Å². The molecule has 0 radical (unpaired) electrons. The van der Waals surface area contributed by atoms with Crippen molar-refractivity contribution in [1.82, 2.24) is 5.32 Å². The summed E-state index contributed by atoms with van der Waals surface area (Å²) in [5.41, 5.74) is 2.83. The lowest BCUT2D eigenvalue weighted by Gasteiger charge is -2.15. The Bertz CT molecular complexity index is 1020. The molecular weight excluding hydrogens is 390 g/mol. The minimum Gasteiger partial charge on any atom is -0.489 e. The van der Waals surface area contributed by atoms with Crippen molar-refractivity contribution < 1.29 is 19.1 Å². The number of carbonyl (C=O) groups excluding carboxylic acids is 2. The molecule has 3 aromatic rings. The van der Waals surface area contributed by atoms with Crippen LogP contribution in [-0.2, 0) is 27.4 Å². The van der Waals surface area contributed by atoms with Gasteiger partial charge in [-0.15, -0.1) is 0 Å². The topological polar surface area (TPSA) is 64.6 Å². The van der Waals surface area contributed by atoms with Crippen LogP contribution in [0.2, 0.25) is 0 Å². The second-order valence-electron chi connectivity index (χ2n) is 6.95. The highest BCUT2D eigenvalue weighted by atomic mass is 16.5. The summed E-state index contributed by atoms with van der Waals surface area (Å²) in [5.74, 6) is -0.147. The summed E-state index contributed by atoms with van der Waals surface area (Å²) < 4.78 is 10.7. The zero-order valence-corrected chi connectivity index (χ0v) is 17.4. The molecule has 0 saturated heterocycles. The Labute approximate surface area is 182 Å². The van der Waals surface area contributed by atoms with Gasteiger partial charge in [0.2, 0.25) is 5.91 Å². The van der Waals surface area contributed by atoms with Crippen molar-refractivity contribution >= 4 is 18.0 Å². The number of esters is 1. The summed E-state index contributed by atoms with van der Waals surface area (Å²) in [5, 5.41) is 2.72. The first-order valence-corrected chi connectivity index (χ1v) is 10.0. The van der Waals surface area contributed by atoms with E-state index in [-0.39, 0.29) is 5.91 Å². The van der Waals surface area contributed by atoms with Gasteiger partial charge in [-0.25, -0.2) is 4.79 Å². The molecule has 0 aliphatic rings. The van der Waals surface area contributed by atoms with Crippen LogP contribution in [0.15, 0.2) is 91.0 Å². The van der Waals surface area contributed by atoms with Crippen LogP contribution in [0.1, 0.15) is 16.7 Å². The van der Waals surface area contributed by atoms with Crippen molar-refractivity contribution in [1.29, 1.82) is 0 Å². The molecular formula is C26H25NO4. The van der Waals surface area contributed by atoms with E-state index in [2.05, 4.69) is 5.32 Å². The van der Waals surface area contributed by atoms with Crippen molar-refractivity contribution in [2.45, 2.75) is 19.1 Å². The number of hydrogen-bond donors (Lipinski definition) is 1. The third-order valence-corrected chi connectivity index (χ3v) is 4.62. The Morgan fingerprint density at radius 2 is 1.58 bits per heavy atom. The molecule has 0 bridgehead atoms. The van der Waals surface area contributed by atoms with Gasteiger partial charge in [0.05, 0.1) is 7.11 Å². The van der Waals surface area contributed by atoms with E-state index in [0.717, 1.165) is 16.7 Å². The molecule has 158 valence electrons. The molecule has 1 N–H and O–H groups in total. The molecule has 0 saturated carbocycles.